The minimum atomic E-state index is 0. The fraction of sp³-hybridized carbons (Fsp3) is 0.474. The Labute approximate surface area is 182 Å². The molecule has 1 aromatic heterocycles. The summed E-state index contributed by atoms with van der Waals surface area (Å²) >= 11 is 1.68. The molecule has 6 nitrogen and oxygen atoms in total. The van der Waals surface area contributed by atoms with E-state index in [4.69, 9.17) is 9.47 Å². The molecule has 0 aliphatic rings. The van der Waals surface area contributed by atoms with E-state index in [-0.39, 0.29) is 24.0 Å². The van der Waals surface area contributed by atoms with Crippen LogP contribution < -0.4 is 15.4 Å². The van der Waals surface area contributed by atoms with Crippen molar-refractivity contribution in [1.82, 2.24) is 15.6 Å². The summed E-state index contributed by atoms with van der Waals surface area (Å²) in [5, 5.41) is 9.80. The molecule has 2 rings (SSSR count). The molecule has 0 saturated heterocycles. The third kappa shape index (κ3) is 8.44. The number of benzene rings is 1. The lowest BCUT2D eigenvalue weighted by atomic mass is 10.2. The molecule has 0 unspecified atom stereocenters. The van der Waals surface area contributed by atoms with Crippen molar-refractivity contribution in [2.45, 2.75) is 32.9 Å². The van der Waals surface area contributed by atoms with Crippen molar-refractivity contribution >= 4 is 41.3 Å². The molecule has 0 saturated carbocycles. The van der Waals surface area contributed by atoms with Crippen LogP contribution in [0.3, 0.4) is 0 Å². The van der Waals surface area contributed by atoms with Crippen LogP contribution >= 0.6 is 35.3 Å². The van der Waals surface area contributed by atoms with E-state index in [0.29, 0.717) is 32.2 Å². The molecule has 2 N–H and O–H groups in total. The van der Waals surface area contributed by atoms with Crippen LogP contribution in [0.15, 0.2) is 34.6 Å². The number of hydrogen-bond donors (Lipinski definition) is 2. The highest BCUT2D eigenvalue weighted by Gasteiger charge is 2.06. The normalized spacial score (nSPS) is 11.2. The first kappa shape index (κ1) is 23.6. The van der Waals surface area contributed by atoms with Gasteiger partial charge in [0.15, 0.2) is 5.96 Å². The van der Waals surface area contributed by atoms with Crippen molar-refractivity contribution in [3.63, 3.8) is 0 Å². The van der Waals surface area contributed by atoms with Crippen molar-refractivity contribution in [3.8, 4) is 5.75 Å². The summed E-state index contributed by atoms with van der Waals surface area (Å²) in [6.45, 7) is 6.81. The number of rotatable bonds is 9. The van der Waals surface area contributed by atoms with Gasteiger partial charge in [-0.2, -0.15) is 0 Å². The van der Waals surface area contributed by atoms with E-state index in [1.807, 2.05) is 24.3 Å². The standard InChI is InChI=1S/C19H28N4O2S.HI/c1-14(2)17-13-26-18(23-17)12-22-19(20-3)21-11-15-5-7-16(8-6-15)25-10-9-24-4;/h5-8,13-14H,9-12H2,1-4H3,(H2,20,21,22);1H. The average molecular weight is 504 g/mol. The van der Waals surface area contributed by atoms with Gasteiger partial charge in [-0.1, -0.05) is 26.0 Å². The van der Waals surface area contributed by atoms with Gasteiger partial charge in [0.1, 0.15) is 17.4 Å². The van der Waals surface area contributed by atoms with E-state index in [0.717, 1.165) is 28.0 Å². The number of aliphatic imine (C=N–C) groups is 1. The Hall–Kier alpha value is -1.39. The number of guanidine groups is 1. The summed E-state index contributed by atoms with van der Waals surface area (Å²) in [5.41, 5.74) is 2.30. The largest absolute Gasteiger partial charge is 0.491 e. The molecule has 27 heavy (non-hydrogen) atoms. The highest BCUT2D eigenvalue weighted by molar-refractivity contribution is 14.0. The second kappa shape index (κ2) is 12.9. The summed E-state index contributed by atoms with van der Waals surface area (Å²) in [6, 6.07) is 8.01. The second-order valence-corrected chi connectivity index (χ2v) is 7.03. The lowest BCUT2D eigenvalue weighted by molar-refractivity contribution is 0.146. The third-order valence-electron chi connectivity index (χ3n) is 3.73. The van der Waals surface area contributed by atoms with E-state index < -0.39 is 0 Å². The molecule has 8 heteroatoms. The molecule has 0 aliphatic carbocycles. The van der Waals surface area contributed by atoms with Crippen LogP contribution in [0.5, 0.6) is 5.75 Å². The van der Waals surface area contributed by atoms with Gasteiger partial charge in [0.25, 0.3) is 0 Å². The zero-order valence-corrected chi connectivity index (χ0v) is 19.5. The van der Waals surface area contributed by atoms with Gasteiger partial charge in [-0.15, -0.1) is 35.3 Å². The van der Waals surface area contributed by atoms with Crippen LogP contribution in [0.25, 0.3) is 0 Å². The smallest absolute Gasteiger partial charge is 0.191 e. The van der Waals surface area contributed by atoms with E-state index in [1.54, 1.807) is 25.5 Å². The maximum atomic E-state index is 5.57. The maximum absolute atomic E-state index is 5.57. The van der Waals surface area contributed by atoms with Crippen LogP contribution in [-0.2, 0) is 17.8 Å². The van der Waals surface area contributed by atoms with Gasteiger partial charge in [0.05, 0.1) is 18.8 Å². The fourth-order valence-corrected chi connectivity index (χ4v) is 3.08. The Bertz CT molecular complexity index is 689. The Balaban J connectivity index is 0.00000364. The zero-order chi connectivity index (χ0) is 18.8. The molecule has 2 aromatic rings. The molecule has 0 aliphatic heterocycles. The molecule has 0 fully saturated rings. The van der Waals surface area contributed by atoms with Crippen LogP contribution in [0.1, 0.15) is 36.0 Å². The molecule has 0 atom stereocenters. The molecule has 1 aromatic carbocycles. The Morgan fingerprint density at radius 3 is 2.44 bits per heavy atom. The van der Waals surface area contributed by atoms with Gasteiger partial charge >= 0.3 is 0 Å². The number of halogens is 1. The topological polar surface area (TPSA) is 67.8 Å². The number of thiazole rings is 1. The molecule has 1 heterocycles. The molecular formula is C19H29IN4O2S. The quantitative estimate of drug-likeness (QED) is 0.236. The number of ether oxygens (including phenoxy) is 2. The van der Waals surface area contributed by atoms with Gasteiger partial charge in [0, 0.05) is 26.1 Å². The Morgan fingerprint density at radius 2 is 1.85 bits per heavy atom. The van der Waals surface area contributed by atoms with Crippen LogP contribution in [0, 0.1) is 0 Å². The van der Waals surface area contributed by atoms with E-state index in [2.05, 4.69) is 39.8 Å². The minimum Gasteiger partial charge on any atom is -0.491 e. The number of aromatic nitrogens is 1. The SMILES string of the molecule is CN=C(NCc1ccc(OCCOC)cc1)NCc1nc(C(C)C)cs1.I. The average Bonchev–Trinajstić information content (AvgIpc) is 3.12. The van der Waals surface area contributed by atoms with E-state index in [9.17, 15) is 0 Å². The van der Waals surface area contributed by atoms with Crippen molar-refractivity contribution in [2.24, 2.45) is 4.99 Å². The fourth-order valence-electron chi connectivity index (χ4n) is 2.18. The summed E-state index contributed by atoms with van der Waals surface area (Å²) in [7, 11) is 3.43. The van der Waals surface area contributed by atoms with Gasteiger partial charge in [-0.3, -0.25) is 4.99 Å². The van der Waals surface area contributed by atoms with Crippen molar-refractivity contribution in [1.29, 1.82) is 0 Å². The minimum absolute atomic E-state index is 0. The highest BCUT2D eigenvalue weighted by atomic mass is 127. The van der Waals surface area contributed by atoms with Gasteiger partial charge in [-0.25, -0.2) is 4.98 Å². The molecular weight excluding hydrogens is 475 g/mol. The first-order chi connectivity index (χ1) is 12.6. The maximum Gasteiger partial charge on any atom is 0.191 e. The van der Waals surface area contributed by atoms with Gasteiger partial charge in [0.2, 0.25) is 0 Å². The second-order valence-electron chi connectivity index (χ2n) is 6.09. The number of methoxy groups -OCH3 is 1. The Kier molecular flexibility index (Phi) is 11.3. The molecule has 0 radical (unpaired) electrons. The van der Waals surface area contributed by atoms with E-state index in [1.165, 1.54) is 0 Å². The number of nitrogens with one attached hydrogen (secondary N) is 2. The van der Waals surface area contributed by atoms with E-state index >= 15 is 0 Å². The van der Waals surface area contributed by atoms with Gasteiger partial charge in [-0.05, 0) is 23.6 Å². The molecule has 0 amide bonds. The molecule has 150 valence electrons. The first-order valence-corrected chi connectivity index (χ1v) is 9.59. The van der Waals surface area contributed by atoms with Crippen molar-refractivity contribution in [2.75, 3.05) is 27.4 Å². The van der Waals surface area contributed by atoms with Gasteiger partial charge < -0.3 is 20.1 Å². The Morgan fingerprint density at radius 1 is 1.15 bits per heavy atom. The summed E-state index contributed by atoms with van der Waals surface area (Å²) in [6.07, 6.45) is 0. The lowest BCUT2D eigenvalue weighted by Crippen LogP contribution is -2.36. The van der Waals surface area contributed by atoms with Crippen molar-refractivity contribution < 1.29 is 9.47 Å². The number of hydrogen-bond acceptors (Lipinski definition) is 5. The zero-order valence-electron chi connectivity index (χ0n) is 16.3. The summed E-state index contributed by atoms with van der Waals surface area (Å²) in [4.78, 5) is 8.89. The monoisotopic (exact) mass is 504 g/mol. The molecule has 0 bridgehead atoms. The number of nitrogens with zero attached hydrogens (tertiary/aromatic N) is 2. The lowest BCUT2D eigenvalue weighted by Gasteiger charge is -2.11. The highest BCUT2D eigenvalue weighted by Crippen LogP contribution is 2.17. The predicted octanol–water partition coefficient (Wildman–Crippen LogP) is 3.77. The predicted molar refractivity (Wildman–Crippen MR) is 122 cm³/mol. The summed E-state index contributed by atoms with van der Waals surface area (Å²) in [5.74, 6) is 2.06. The van der Waals surface area contributed by atoms with Crippen LogP contribution in [0.2, 0.25) is 0 Å². The van der Waals surface area contributed by atoms with Crippen LogP contribution in [-0.4, -0.2) is 38.3 Å². The van der Waals surface area contributed by atoms with Crippen LogP contribution in [0.4, 0.5) is 0 Å². The summed E-state index contributed by atoms with van der Waals surface area (Å²) < 4.78 is 10.5. The first-order valence-electron chi connectivity index (χ1n) is 8.72. The third-order valence-corrected chi connectivity index (χ3v) is 4.60. The van der Waals surface area contributed by atoms with Crippen molar-refractivity contribution in [3.05, 3.63) is 45.9 Å². The molecule has 0 spiro atoms.